The maximum atomic E-state index is 12.2. The Labute approximate surface area is 118 Å². The molecule has 5 heteroatoms. The van der Waals surface area contributed by atoms with E-state index in [2.05, 4.69) is 22.5 Å². The molecule has 0 radical (unpaired) electrons. The molecule has 2 N–H and O–H groups in total. The van der Waals surface area contributed by atoms with Gasteiger partial charge in [-0.25, -0.2) is 4.98 Å². The lowest BCUT2D eigenvalue weighted by atomic mass is 10.1. The molecule has 1 aromatic rings. The lowest BCUT2D eigenvalue weighted by Gasteiger charge is -2.13. The highest BCUT2D eigenvalue weighted by Gasteiger charge is 2.24. The van der Waals surface area contributed by atoms with Crippen LogP contribution >= 0.6 is 11.6 Å². The maximum Gasteiger partial charge on any atom is 0.271 e. The molecule has 1 amide bonds. The predicted molar refractivity (Wildman–Crippen MR) is 77.7 cm³/mol. The standard InChI is InChI=1S/C14H20ClN3O/c1-3-16-12-7-6-11(15)13(18-12)14(19)17-10-5-4-9(2)8-10/h6-7,9-10H,3-5,8H2,1-2H3,(H,16,18)(H,17,19). The molecule has 1 aromatic heterocycles. The fraction of sp³-hybridized carbons (Fsp3) is 0.571. The van der Waals surface area contributed by atoms with Gasteiger partial charge in [-0.1, -0.05) is 18.5 Å². The van der Waals surface area contributed by atoms with Crippen molar-refractivity contribution < 1.29 is 4.79 Å². The first-order valence-electron chi connectivity index (χ1n) is 6.81. The molecule has 1 aliphatic rings. The van der Waals surface area contributed by atoms with E-state index >= 15 is 0 Å². The zero-order valence-electron chi connectivity index (χ0n) is 11.4. The second kappa shape index (κ2) is 6.24. The number of anilines is 1. The van der Waals surface area contributed by atoms with Gasteiger partial charge in [0.2, 0.25) is 0 Å². The zero-order valence-corrected chi connectivity index (χ0v) is 12.1. The summed E-state index contributed by atoms with van der Waals surface area (Å²) in [7, 11) is 0. The molecular weight excluding hydrogens is 262 g/mol. The number of aromatic nitrogens is 1. The number of carbonyl (C=O) groups is 1. The number of hydrogen-bond acceptors (Lipinski definition) is 3. The van der Waals surface area contributed by atoms with Crippen LogP contribution in [0.2, 0.25) is 5.02 Å². The SMILES string of the molecule is CCNc1ccc(Cl)c(C(=O)NC2CCC(C)C2)n1. The van der Waals surface area contributed by atoms with E-state index in [1.54, 1.807) is 12.1 Å². The Kier molecular flexibility index (Phi) is 4.64. The normalized spacial score (nSPS) is 22.3. The average Bonchev–Trinajstić information content (AvgIpc) is 2.77. The molecule has 2 atom stereocenters. The molecule has 1 heterocycles. The third-order valence-corrected chi connectivity index (χ3v) is 3.75. The minimum absolute atomic E-state index is 0.177. The van der Waals surface area contributed by atoms with Gasteiger partial charge < -0.3 is 10.6 Å². The molecule has 1 saturated carbocycles. The lowest BCUT2D eigenvalue weighted by Crippen LogP contribution is -2.33. The quantitative estimate of drug-likeness (QED) is 0.892. The number of nitrogens with zero attached hydrogens (tertiary/aromatic N) is 1. The average molecular weight is 282 g/mol. The molecule has 4 nitrogen and oxygen atoms in total. The molecule has 2 rings (SSSR count). The first-order chi connectivity index (χ1) is 9.10. The van der Waals surface area contributed by atoms with Crippen molar-refractivity contribution >= 4 is 23.3 Å². The Hall–Kier alpha value is -1.29. The predicted octanol–water partition coefficient (Wildman–Crippen LogP) is 3.09. The fourth-order valence-corrected chi connectivity index (χ4v) is 2.66. The Morgan fingerprint density at radius 1 is 1.47 bits per heavy atom. The van der Waals surface area contributed by atoms with Crippen LogP contribution in [0.25, 0.3) is 0 Å². The Balaban J connectivity index is 2.07. The number of hydrogen-bond donors (Lipinski definition) is 2. The maximum absolute atomic E-state index is 12.2. The monoisotopic (exact) mass is 281 g/mol. The van der Waals surface area contributed by atoms with E-state index in [0.29, 0.717) is 22.5 Å². The molecule has 1 aliphatic carbocycles. The van der Waals surface area contributed by atoms with Gasteiger partial charge in [-0.15, -0.1) is 0 Å². The van der Waals surface area contributed by atoms with Crippen LogP contribution in [0, 0.1) is 5.92 Å². The van der Waals surface area contributed by atoms with Gasteiger partial charge in [-0.3, -0.25) is 4.79 Å². The molecule has 104 valence electrons. The van der Waals surface area contributed by atoms with Crippen LogP contribution in [0.1, 0.15) is 43.6 Å². The van der Waals surface area contributed by atoms with Gasteiger partial charge in [0.05, 0.1) is 5.02 Å². The van der Waals surface area contributed by atoms with Crippen LogP contribution in [0.4, 0.5) is 5.82 Å². The van der Waals surface area contributed by atoms with Crippen LogP contribution in [-0.4, -0.2) is 23.5 Å². The van der Waals surface area contributed by atoms with Gasteiger partial charge in [-0.05, 0) is 44.2 Å². The van der Waals surface area contributed by atoms with Crippen LogP contribution in [-0.2, 0) is 0 Å². The van der Waals surface area contributed by atoms with Gasteiger partial charge >= 0.3 is 0 Å². The number of rotatable bonds is 4. The van der Waals surface area contributed by atoms with Crippen molar-refractivity contribution in [2.75, 3.05) is 11.9 Å². The first-order valence-corrected chi connectivity index (χ1v) is 7.19. The third kappa shape index (κ3) is 3.60. The van der Waals surface area contributed by atoms with Crippen LogP contribution in [0.3, 0.4) is 0 Å². The minimum Gasteiger partial charge on any atom is -0.370 e. The summed E-state index contributed by atoms with van der Waals surface area (Å²) in [5.74, 6) is 1.18. The summed E-state index contributed by atoms with van der Waals surface area (Å²) in [5.41, 5.74) is 0.305. The number of pyridine rings is 1. The van der Waals surface area contributed by atoms with E-state index in [9.17, 15) is 4.79 Å². The van der Waals surface area contributed by atoms with E-state index in [4.69, 9.17) is 11.6 Å². The number of halogens is 1. The second-order valence-corrected chi connectivity index (χ2v) is 5.55. The van der Waals surface area contributed by atoms with Crippen LogP contribution in [0.15, 0.2) is 12.1 Å². The zero-order chi connectivity index (χ0) is 13.8. The number of carbonyl (C=O) groups excluding carboxylic acids is 1. The first kappa shape index (κ1) is 14.1. The molecule has 0 saturated heterocycles. The van der Waals surface area contributed by atoms with Crippen LogP contribution in [0.5, 0.6) is 0 Å². The highest BCUT2D eigenvalue weighted by molar-refractivity contribution is 6.33. The van der Waals surface area contributed by atoms with Gasteiger partial charge in [0.15, 0.2) is 0 Å². The topological polar surface area (TPSA) is 54.0 Å². The summed E-state index contributed by atoms with van der Waals surface area (Å²) in [6, 6.07) is 3.74. The van der Waals surface area contributed by atoms with Crippen molar-refractivity contribution in [2.24, 2.45) is 5.92 Å². The van der Waals surface area contributed by atoms with Gasteiger partial charge in [0, 0.05) is 12.6 Å². The van der Waals surface area contributed by atoms with E-state index in [1.807, 2.05) is 6.92 Å². The molecule has 0 aliphatic heterocycles. The summed E-state index contributed by atoms with van der Waals surface area (Å²) in [4.78, 5) is 16.5. The Bertz CT molecular complexity index is 464. The number of amides is 1. The van der Waals surface area contributed by atoms with Crippen molar-refractivity contribution in [2.45, 2.75) is 39.2 Å². The van der Waals surface area contributed by atoms with E-state index < -0.39 is 0 Å². The smallest absolute Gasteiger partial charge is 0.271 e. The number of nitrogens with one attached hydrogen (secondary N) is 2. The second-order valence-electron chi connectivity index (χ2n) is 5.15. The highest BCUT2D eigenvalue weighted by atomic mass is 35.5. The van der Waals surface area contributed by atoms with E-state index in [1.165, 1.54) is 6.42 Å². The summed E-state index contributed by atoms with van der Waals surface area (Å²) in [6.07, 6.45) is 3.25. The van der Waals surface area contributed by atoms with E-state index in [0.717, 1.165) is 19.4 Å². The third-order valence-electron chi connectivity index (χ3n) is 3.45. The fourth-order valence-electron chi connectivity index (χ4n) is 2.47. The summed E-state index contributed by atoms with van der Waals surface area (Å²) in [6.45, 7) is 4.95. The summed E-state index contributed by atoms with van der Waals surface area (Å²) in [5, 5.41) is 6.50. The van der Waals surface area contributed by atoms with Crippen molar-refractivity contribution in [1.82, 2.24) is 10.3 Å². The van der Waals surface area contributed by atoms with Crippen molar-refractivity contribution in [3.63, 3.8) is 0 Å². The van der Waals surface area contributed by atoms with Crippen molar-refractivity contribution in [3.05, 3.63) is 22.8 Å². The van der Waals surface area contributed by atoms with Gasteiger partial charge in [-0.2, -0.15) is 0 Å². The van der Waals surface area contributed by atoms with Crippen molar-refractivity contribution in [1.29, 1.82) is 0 Å². The molecule has 1 fully saturated rings. The summed E-state index contributed by atoms with van der Waals surface area (Å²) < 4.78 is 0. The summed E-state index contributed by atoms with van der Waals surface area (Å²) >= 11 is 6.05. The molecule has 19 heavy (non-hydrogen) atoms. The van der Waals surface area contributed by atoms with Crippen LogP contribution < -0.4 is 10.6 Å². The Morgan fingerprint density at radius 3 is 2.89 bits per heavy atom. The van der Waals surface area contributed by atoms with Gasteiger partial charge in [0.1, 0.15) is 11.5 Å². The molecule has 0 bridgehead atoms. The molecule has 0 spiro atoms. The van der Waals surface area contributed by atoms with E-state index in [-0.39, 0.29) is 11.9 Å². The molecular formula is C14H20ClN3O. The molecule has 2 unspecified atom stereocenters. The Morgan fingerprint density at radius 2 is 2.26 bits per heavy atom. The van der Waals surface area contributed by atoms with Gasteiger partial charge in [0.25, 0.3) is 5.91 Å². The largest absolute Gasteiger partial charge is 0.370 e. The van der Waals surface area contributed by atoms with Crippen molar-refractivity contribution in [3.8, 4) is 0 Å². The lowest BCUT2D eigenvalue weighted by molar-refractivity contribution is 0.0932. The minimum atomic E-state index is -0.177. The molecule has 0 aromatic carbocycles. The highest BCUT2D eigenvalue weighted by Crippen LogP contribution is 2.25.